The molecule has 2 aromatic heterocycles. The zero-order valence-corrected chi connectivity index (χ0v) is 15.2. The van der Waals surface area contributed by atoms with Crippen molar-refractivity contribution in [3.05, 3.63) is 71.9 Å². The second-order valence-corrected chi connectivity index (χ2v) is 6.17. The number of aromatic nitrogens is 2. The van der Waals surface area contributed by atoms with Crippen molar-refractivity contribution in [2.45, 2.75) is 19.9 Å². The van der Waals surface area contributed by atoms with Gasteiger partial charge >= 0.3 is 0 Å². The van der Waals surface area contributed by atoms with Crippen LogP contribution in [0.15, 0.2) is 59.9 Å². The monoisotopic (exact) mass is 353 g/mol. The van der Waals surface area contributed by atoms with Gasteiger partial charge in [0.15, 0.2) is 5.96 Å². The van der Waals surface area contributed by atoms with Crippen LogP contribution in [0.25, 0.3) is 5.65 Å². The minimum absolute atomic E-state index is 0.218. The predicted molar refractivity (Wildman–Crippen MR) is 103 cm³/mol. The number of benzene rings is 1. The van der Waals surface area contributed by atoms with Crippen LogP contribution in [-0.4, -0.2) is 40.4 Å². The summed E-state index contributed by atoms with van der Waals surface area (Å²) >= 11 is 0. The lowest BCUT2D eigenvalue weighted by Gasteiger charge is -2.22. The van der Waals surface area contributed by atoms with E-state index >= 15 is 0 Å². The number of imidazole rings is 1. The molecule has 6 heteroatoms. The highest BCUT2D eigenvalue weighted by Crippen LogP contribution is 2.07. The largest absolute Gasteiger partial charge is 0.357 e. The summed E-state index contributed by atoms with van der Waals surface area (Å²) in [5, 5.41) is 3.30. The standard InChI is InChI=1S/C20H24FN5/c1-3-22-20(25(2)14-16-7-9-17(21)10-8-16)23-12-11-18-15-26-13-5-4-6-19(26)24-18/h4-10,13,15H,3,11-12,14H2,1-2H3,(H,22,23). The Balaban J connectivity index is 1.62. The number of rotatable bonds is 6. The van der Waals surface area contributed by atoms with Crippen LogP contribution >= 0.6 is 0 Å². The lowest BCUT2D eigenvalue weighted by molar-refractivity contribution is 0.476. The fraction of sp³-hybridized carbons (Fsp3) is 0.300. The SMILES string of the molecule is CCNC(=NCCc1cn2ccccc2n1)N(C)Cc1ccc(F)cc1. The maximum Gasteiger partial charge on any atom is 0.193 e. The fourth-order valence-electron chi connectivity index (χ4n) is 2.79. The number of nitrogens with zero attached hydrogens (tertiary/aromatic N) is 4. The maximum atomic E-state index is 13.1. The van der Waals surface area contributed by atoms with Crippen LogP contribution in [0.1, 0.15) is 18.2 Å². The first kappa shape index (κ1) is 17.9. The first-order valence-electron chi connectivity index (χ1n) is 8.82. The Hall–Kier alpha value is -2.89. The Morgan fingerprint density at radius 3 is 2.77 bits per heavy atom. The van der Waals surface area contributed by atoms with Gasteiger partial charge in [0.2, 0.25) is 0 Å². The van der Waals surface area contributed by atoms with E-state index in [0.717, 1.165) is 35.8 Å². The fourth-order valence-corrected chi connectivity index (χ4v) is 2.79. The summed E-state index contributed by atoms with van der Waals surface area (Å²) in [5.74, 6) is 0.616. The van der Waals surface area contributed by atoms with Crippen LogP contribution in [-0.2, 0) is 13.0 Å². The minimum Gasteiger partial charge on any atom is -0.357 e. The first-order valence-corrected chi connectivity index (χ1v) is 8.82. The number of halogens is 1. The number of guanidine groups is 1. The summed E-state index contributed by atoms with van der Waals surface area (Å²) in [5.41, 5.74) is 3.02. The van der Waals surface area contributed by atoms with Gasteiger partial charge in [-0.2, -0.15) is 0 Å². The van der Waals surface area contributed by atoms with E-state index < -0.39 is 0 Å². The normalized spacial score (nSPS) is 11.7. The summed E-state index contributed by atoms with van der Waals surface area (Å²) in [6, 6.07) is 12.5. The second kappa shape index (κ2) is 8.47. The highest BCUT2D eigenvalue weighted by atomic mass is 19.1. The molecule has 0 fully saturated rings. The molecule has 0 aliphatic heterocycles. The molecule has 136 valence electrons. The smallest absolute Gasteiger partial charge is 0.193 e. The van der Waals surface area contributed by atoms with E-state index in [2.05, 4.69) is 10.3 Å². The average Bonchev–Trinajstić information content (AvgIpc) is 3.05. The molecular weight excluding hydrogens is 329 g/mol. The van der Waals surface area contributed by atoms with Crippen LogP contribution in [0.3, 0.4) is 0 Å². The number of hydrogen-bond acceptors (Lipinski definition) is 2. The van der Waals surface area contributed by atoms with Gasteiger partial charge in [-0.3, -0.25) is 4.99 Å². The molecule has 3 aromatic rings. The molecule has 0 unspecified atom stereocenters. The van der Waals surface area contributed by atoms with E-state index in [4.69, 9.17) is 4.99 Å². The minimum atomic E-state index is -0.218. The van der Waals surface area contributed by atoms with E-state index in [1.54, 1.807) is 12.1 Å². The maximum absolute atomic E-state index is 13.1. The summed E-state index contributed by atoms with van der Waals surface area (Å²) in [6.45, 7) is 4.16. The van der Waals surface area contributed by atoms with Crippen LogP contribution < -0.4 is 5.32 Å². The summed E-state index contributed by atoms with van der Waals surface area (Å²) in [7, 11) is 1.98. The van der Waals surface area contributed by atoms with Crippen LogP contribution in [0.4, 0.5) is 4.39 Å². The molecule has 0 saturated heterocycles. The lowest BCUT2D eigenvalue weighted by Crippen LogP contribution is -2.38. The van der Waals surface area contributed by atoms with Gasteiger partial charge in [-0.25, -0.2) is 9.37 Å². The lowest BCUT2D eigenvalue weighted by atomic mass is 10.2. The molecule has 0 aliphatic carbocycles. The summed E-state index contributed by atoms with van der Waals surface area (Å²) < 4.78 is 15.1. The van der Waals surface area contributed by atoms with Crippen molar-refractivity contribution >= 4 is 11.6 Å². The summed E-state index contributed by atoms with van der Waals surface area (Å²) in [6.07, 6.45) is 4.82. The third kappa shape index (κ3) is 4.59. The highest BCUT2D eigenvalue weighted by molar-refractivity contribution is 5.79. The Morgan fingerprint density at radius 2 is 2.04 bits per heavy atom. The highest BCUT2D eigenvalue weighted by Gasteiger charge is 2.07. The van der Waals surface area contributed by atoms with Crippen LogP contribution in [0, 0.1) is 5.82 Å². The topological polar surface area (TPSA) is 44.9 Å². The van der Waals surface area contributed by atoms with Gasteiger partial charge in [0.05, 0.1) is 5.69 Å². The molecule has 26 heavy (non-hydrogen) atoms. The number of aliphatic imine (C=N–C) groups is 1. The van der Waals surface area contributed by atoms with Gasteiger partial charge in [0.1, 0.15) is 11.5 Å². The number of pyridine rings is 1. The third-order valence-electron chi connectivity index (χ3n) is 4.07. The molecule has 2 heterocycles. The Labute approximate surface area is 153 Å². The number of fused-ring (bicyclic) bond motifs is 1. The van der Waals surface area contributed by atoms with Crippen molar-refractivity contribution in [3.63, 3.8) is 0 Å². The molecule has 0 atom stereocenters. The van der Waals surface area contributed by atoms with E-state index in [1.165, 1.54) is 12.1 Å². The molecule has 0 radical (unpaired) electrons. The summed E-state index contributed by atoms with van der Waals surface area (Å²) in [4.78, 5) is 11.3. The number of hydrogen-bond donors (Lipinski definition) is 1. The van der Waals surface area contributed by atoms with Gasteiger partial charge in [-0.05, 0) is 36.8 Å². The molecule has 1 N–H and O–H groups in total. The Bertz CT molecular complexity index is 836. The molecule has 0 bridgehead atoms. The third-order valence-corrected chi connectivity index (χ3v) is 4.07. The van der Waals surface area contributed by atoms with E-state index in [0.29, 0.717) is 13.1 Å². The van der Waals surface area contributed by atoms with E-state index in [1.807, 2.05) is 53.9 Å². The van der Waals surface area contributed by atoms with Crippen LogP contribution in [0.5, 0.6) is 0 Å². The molecule has 3 rings (SSSR count). The van der Waals surface area contributed by atoms with Crippen molar-refractivity contribution in [1.82, 2.24) is 19.6 Å². The van der Waals surface area contributed by atoms with Crippen molar-refractivity contribution in [2.24, 2.45) is 4.99 Å². The molecule has 0 amide bonds. The van der Waals surface area contributed by atoms with Gasteiger partial charge in [-0.15, -0.1) is 0 Å². The van der Waals surface area contributed by atoms with Crippen molar-refractivity contribution in [2.75, 3.05) is 20.1 Å². The van der Waals surface area contributed by atoms with E-state index in [-0.39, 0.29) is 5.82 Å². The van der Waals surface area contributed by atoms with Crippen LogP contribution in [0.2, 0.25) is 0 Å². The quantitative estimate of drug-likeness (QED) is 0.547. The Kier molecular flexibility index (Phi) is 5.84. The molecular formula is C20H24FN5. The first-order chi connectivity index (χ1) is 12.7. The molecule has 0 saturated carbocycles. The van der Waals surface area contributed by atoms with E-state index in [9.17, 15) is 4.39 Å². The van der Waals surface area contributed by atoms with Gasteiger partial charge in [0, 0.05) is 45.5 Å². The molecule has 0 aliphatic rings. The van der Waals surface area contributed by atoms with Crippen molar-refractivity contribution in [1.29, 1.82) is 0 Å². The Morgan fingerprint density at radius 1 is 1.23 bits per heavy atom. The van der Waals surface area contributed by atoms with Gasteiger partial charge in [0.25, 0.3) is 0 Å². The van der Waals surface area contributed by atoms with Crippen molar-refractivity contribution in [3.8, 4) is 0 Å². The van der Waals surface area contributed by atoms with Gasteiger partial charge in [-0.1, -0.05) is 18.2 Å². The van der Waals surface area contributed by atoms with Crippen molar-refractivity contribution < 1.29 is 4.39 Å². The number of nitrogens with one attached hydrogen (secondary N) is 1. The molecule has 1 aromatic carbocycles. The van der Waals surface area contributed by atoms with Gasteiger partial charge < -0.3 is 14.6 Å². The molecule has 5 nitrogen and oxygen atoms in total. The predicted octanol–water partition coefficient (Wildman–Crippen LogP) is 3.11. The zero-order chi connectivity index (χ0) is 18.4. The second-order valence-electron chi connectivity index (χ2n) is 6.17. The zero-order valence-electron chi connectivity index (χ0n) is 15.2. The molecule has 0 spiro atoms. The average molecular weight is 353 g/mol.